The second-order valence-corrected chi connectivity index (χ2v) is 5.21. The summed E-state index contributed by atoms with van der Waals surface area (Å²) in [6.07, 6.45) is 2.32. The minimum atomic E-state index is -0.989. The molecule has 0 bridgehead atoms. The van der Waals surface area contributed by atoms with Gasteiger partial charge in [-0.3, -0.25) is 4.79 Å². The summed E-state index contributed by atoms with van der Waals surface area (Å²) in [5.74, 6) is -0.975. The molecule has 0 aromatic heterocycles. The van der Waals surface area contributed by atoms with Gasteiger partial charge < -0.3 is 10.0 Å². The van der Waals surface area contributed by atoms with Crippen LogP contribution >= 0.6 is 22.6 Å². The number of benzene rings is 1. The highest BCUT2D eigenvalue weighted by atomic mass is 127. The maximum atomic E-state index is 11.8. The maximum Gasteiger partial charge on any atom is 0.337 e. The molecule has 17 heavy (non-hydrogen) atoms. The number of amides is 1. The van der Waals surface area contributed by atoms with Crippen molar-refractivity contribution in [2.45, 2.75) is 19.3 Å². The average molecular weight is 345 g/mol. The Morgan fingerprint density at radius 3 is 2.76 bits per heavy atom. The van der Waals surface area contributed by atoms with Crippen LogP contribution in [0.2, 0.25) is 0 Å². The van der Waals surface area contributed by atoms with Gasteiger partial charge >= 0.3 is 5.97 Å². The highest BCUT2D eigenvalue weighted by molar-refractivity contribution is 14.1. The lowest BCUT2D eigenvalue weighted by Crippen LogP contribution is -2.36. The molecule has 0 atom stereocenters. The van der Waals surface area contributed by atoms with Crippen LogP contribution in [0.3, 0.4) is 0 Å². The van der Waals surface area contributed by atoms with Crippen molar-refractivity contribution >= 4 is 40.2 Å². The molecule has 0 radical (unpaired) electrons. The van der Waals surface area contributed by atoms with Gasteiger partial charge in [-0.1, -0.05) is 0 Å². The molecule has 0 unspecified atom stereocenters. The topological polar surface area (TPSA) is 57.6 Å². The Morgan fingerprint density at radius 1 is 1.35 bits per heavy atom. The fraction of sp³-hybridized carbons (Fsp3) is 0.333. The second-order valence-electron chi connectivity index (χ2n) is 3.97. The zero-order valence-corrected chi connectivity index (χ0v) is 11.3. The molecular weight excluding hydrogens is 333 g/mol. The van der Waals surface area contributed by atoms with Crippen molar-refractivity contribution in [3.8, 4) is 0 Å². The summed E-state index contributed by atoms with van der Waals surface area (Å²) in [7, 11) is 0. The molecule has 0 saturated carbocycles. The molecule has 4 nitrogen and oxygen atoms in total. The Labute approximate surface area is 113 Å². The Balaban J connectivity index is 2.43. The molecule has 1 saturated heterocycles. The van der Waals surface area contributed by atoms with E-state index in [1.165, 1.54) is 0 Å². The standard InChI is InChI=1S/C12H12INO3/c13-8-4-5-10(9(7-8)12(16)17)14-6-2-1-3-11(14)15/h4-5,7H,1-3,6H2,(H,16,17). The van der Waals surface area contributed by atoms with E-state index in [-0.39, 0.29) is 11.5 Å². The normalized spacial score (nSPS) is 16.1. The summed E-state index contributed by atoms with van der Waals surface area (Å²) >= 11 is 2.06. The first-order chi connectivity index (χ1) is 8.09. The molecule has 1 aromatic rings. The number of aromatic carboxylic acids is 1. The average Bonchev–Trinajstić information content (AvgIpc) is 2.30. The van der Waals surface area contributed by atoms with E-state index in [0.29, 0.717) is 18.7 Å². The zero-order valence-electron chi connectivity index (χ0n) is 9.15. The monoisotopic (exact) mass is 345 g/mol. The molecule has 1 aliphatic rings. The number of piperidine rings is 1. The Hall–Kier alpha value is -1.11. The van der Waals surface area contributed by atoms with E-state index in [1.807, 2.05) is 6.07 Å². The lowest BCUT2D eigenvalue weighted by Gasteiger charge is -2.28. The maximum absolute atomic E-state index is 11.8. The smallest absolute Gasteiger partial charge is 0.337 e. The first kappa shape index (κ1) is 12.3. The molecule has 1 N–H and O–H groups in total. The molecule has 1 amide bonds. The van der Waals surface area contributed by atoms with Gasteiger partial charge in [-0.05, 0) is 53.6 Å². The number of halogens is 1. The van der Waals surface area contributed by atoms with E-state index in [9.17, 15) is 9.59 Å². The van der Waals surface area contributed by atoms with Crippen molar-refractivity contribution in [1.29, 1.82) is 0 Å². The van der Waals surface area contributed by atoms with Crippen LogP contribution in [-0.2, 0) is 4.79 Å². The van der Waals surface area contributed by atoms with Gasteiger partial charge in [0.15, 0.2) is 0 Å². The summed E-state index contributed by atoms with van der Waals surface area (Å²) in [5, 5.41) is 9.17. The van der Waals surface area contributed by atoms with Gasteiger partial charge in [0.2, 0.25) is 5.91 Å². The quantitative estimate of drug-likeness (QED) is 0.838. The largest absolute Gasteiger partial charge is 0.478 e. The lowest BCUT2D eigenvalue weighted by molar-refractivity contribution is -0.119. The highest BCUT2D eigenvalue weighted by Crippen LogP contribution is 2.26. The summed E-state index contributed by atoms with van der Waals surface area (Å²) in [6.45, 7) is 0.611. The first-order valence-electron chi connectivity index (χ1n) is 5.43. The third-order valence-electron chi connectivity index (χ3n) is 2.80. The van der Waals surface area contributed by atoms with E-state index < -0.39 is 5.97 Å². The number of nitrogens with zero attached hydrogens (tertiary/aromatic N) is 1. The fourth-order valence-corrected chi connectivity index (χ4v) is 2.47. The molecule has 1 aromatic carbocycles. The summed E-state index contributed by atoms with van der Waals surface area (Å²) in [5.41, 5.74) is 0.717. The lowest BCUT2D eigenvalue weighted by atomic mass is 10.1. The third-order valence-corrected chi connectivity index (χ3v) is 3.47. The van der Waals surface area contributed by atoms with Gasteiger partial charge in [0.1, 0.15) is 0 Å². The molecular formula is C12H12INO3. The minimum absolute atomic E-state index is 0.0139. The SMILES string of the molecule is O=C(O)c1cc(I)ccc1N1CCCCC1=O. The van der Waals surface area contributed by atoms with Gasteiger partial charge in [0.05, 0.1) is 11.3 Å². The van der Waals surface area contributed by atoms with E-state index in [1.54, 1.807) is 17.0 Å². The highest BCUT2D eigenvalue weighted by Gasteiger charge is 2.24. The number of hydrogen-bond acceptors (Lipinski definition) is 2. The van der Waals surface area contributed by atoms with E-state index in [4.69, 9.17) is 5.11 Å². The number of hydrogen-bond donors (Lipinski definition) is 1. The van der Waals surface area contributed by atoms with Crippen LogP contribution < -0.4 is 4.90 Å². The zero-order chi connectivity index (χ0) is 12.4. The molecule has 2 rings (SSSR count). The van der Waals surface area contributed by atoms with Crippen molar-refractivity contribution < 1.29 is 14.7 Å². The van der Waals surface area contributed by atoms with Gasteiger partial charge in [0.25, 0.3) is 0 Å². The summed E-state index contributed by atoms with van der Waals surface area (Å²) in [4.78, 5) is 24.6. The molecule has 1 fully saturated rings. The van der Waals surface area contributed by atoms with Crippen LogP contribution in [0.15, 0.2) is 18.2 Å². The predicted molar refractivity (Wildman–Crippen MR) is 72.3 cm³/mol. The molecule has 0 aliphatic carbocycles. The molecule has 1 heterocycles. The van der Waals surface area contributed by atoms with E-state index in [2.05, 4.69) is 22.6 Å². The van der Waals surface area contributed by atoms with E-state index in [0.717, 1.165) is 16.4 Å². The van der Waals surface area contributed by atoms with Crippen LogP contribution in [-0.4, -0.2) is 23.5 Å². The van der Waals surface area contributed by atoms with Gasteiger partial charge in [-0.15, -0.1) is 0 Å². The van der Waals surface area contributed by atoms with Gasteiger partial charge in [-0.2, -0.15) is 0 Å². The van der Waals surface area contributed by atoms with Crippen LogP contribution in [0.25, 0.3) is 0 Å². The fourth-order valence-electron chi connectivity index (χ4n) is 1.98. The van der Waals surface area contributed by atoms with Crippen LogP contribution in [0, 0.1) is 3.57 Å². The summed E-state index contributed by atoms with van der Waals surface area (Å²) < 4.78 is 0.855. The Bertz CT molecular complexity index is 473. The van der Waals surface area contributed by atoms with Crippen molar-refractivity contribution in [2.24, 2.45) is 0 Å². The minimum Gasteiger partial charge on any atom is -0.478 e. The first-order valence-corrected chi connectivity index (χ1v) is 6.50. The number of carboxylic acids is 1. The predicted octanol–water partition coefficient (Wildman–Crippen LogP) is 2.51. The van der Waals surface area contributed by atoms with Crippen LogP contribution in [0.5, 0.6) is 0 Å². The van der Waals surface area contributed by atoms with Gasteiger partial charge in [0, 0.05) is 16.5 Å². The molecule has 0 spiro atoms. The third kappa shape index (κ3) is 2.59. The Morgan fingerprint density at radius 2 is 2.12 bits per heavy atom. The van der Waals surface area contributed by atoms with Crippen molar-refractivity contribution in [3.05, 3.63) is 27.3 Å². The number of carbonyl (C=O) groups excluding carboxylic acids is 1. The number of carbonyl (C=O) groups is 2. The number of anilines is 1. The number of carboxylic acid groups (broad SMARTS) is 1. The number of rotatable bonds is 2. The summed E-state index contributed by atoms with van der Waals surface area (Å²) in [6, 6.07) is 5.14. The van der Waals surface area contributed by atoms with Crippen molar-refractivity contribution in [2.75, 3.05) is 11.4 Å². The van der Waals surface area contributed by atoms with Crippen molar-refractivity contribution in [1.82, 2.24) is 0 Å². The Kier molecular flexibility index (Phi) is 3.66. The van der Waals surface area contributed by atoms with Crippen LogP contribution in [0.4, 0.5) is 5.69 Å². The second kappa shape index (κ2) is 5.03. The van der Waals surface area contributed by atoms with Crippen LogP contribution in [0.1, 0.15) is 29.6 Å². The van der Waals surface area contributed by atoms with Gasteiger partial charge in [-0.25, -0.2) is 4.79 Å². The van der Waals surface area contributed by atoms with E-state index >= 15 is 0 Å². The molecule has 1 aliphatic heterocycles. The molecule has 5 heteroatoms. The van der Waals surface area contributed by atoms with Crippen molar-refractivity contribution in [3.63, 3.8) is 0 Å². The molecule has 90 valence electrons.